The lowest BCUT2D eigenvalue weighted by molar-refractivity contribution is -0.0878. The van der Waals surface area contributed by atoms with E-state index >= 15 is 0 Å². The van der Waals surface area contributed by atoms with Crippen LogP contribution in [-0.2, 0) is 18.7 Å². The van der Waals surface area contributed by atoms with E-state index in [1.807, 2.05) is 60.7 Å². The molecule has 1 N–H and O–H groups in total. The zero-order valence-electron chi connectivity index (χ0n) is 14.1. The minimum Gasteiger partial charge on any atom is -0.366 e. The molecule has 1 amide bonds. The van der Waals surface area contributed by atoms with Crippen molar-refractivity contribution >= 4 is 17.5 Å². The van der Waals surface area contributed by atoms with Crippen LogP contribution < -0.4 is 0 Å². The molecule has 3 aromatic rings. The number of amides is 1. The minimum atomic E-state index is -1.38. The van der Waals surface area contributed by atoms with Gasteiger partial charge < -0.3 is 10.0 Å². The molecule has 0 saturated heterocycles. The van der Waals surface area contributed by atoms with Crippen molar-refractivity contribution in [3.63, 3.8) is 0 Å². The van der Waals surface area contributed by atoms with Gasteiger partial charge in [-0.05, 0) is 29.3 Å². The highest BCUT2D eigenvalue weighted by Gasteiger charge is 2.48. The van der Waals surface area contributed by atoms with Crippen LogP contribution in [0, 0.1) is 0 Å². The molecular formula is C22H18ClNO2. The highest BCUT2D eigenvalue weighted by molar-refractivity contribution is 6.30. The van der Waals surface area contributed by atoms with E-state index < -0.39 is 5.72 Å². The molecule has 130 valence electrons. The van der Waals surface area contributed by atoms with Gasteiger partial charge in [-0.15, -0.1) is 0 Å². The maximum Gasteiger partial charge on any atom is 0.257 e. The monoisotopic (exact) mass is 363 g/mol. The minimum absolute atomic E-state index is 0.158. The van der Waals surface area contributed by atoms with Gasteiger partial charge in [0.2, 0.25) is 0 Å². The number of fused-ring (bicyclic) bond motifs is 1. The first-order chi connectivity index (χ1) is 12.6. The van der Waals surface area contributed by atoms with Gasteiger partial charge in [0.05, 0.1) is 0 Å². The van der Waals surface area contributed by atoms with Crippen molar-refractivity contribution in [1.29, 1.82) is 0 Å². The second-order valence-electron chi connectivity index (χ2n) is 6.54. The van der Waals surface area contributed by atoms with Crippen LogP contribution in [0.4, 0.5) is 0 Å². The number of aliphatic hydroxyl groups is 1. The molecule has 1 atom stereocenters. The SMILES string of the molecule is O=C1c2ccccc2C(O)(Cc2ccccc2)N1Cc1ccc(Cl)cc1. The van der Waals surface area contributed by atoms with E-state index in [1.54, 1.807) is 23.1 Å². The summed E-state index contributed by atoms with van der Waals surface area (Å²) in [5.74, 6) is -0.158. The summed E-state index contributed by atoms with van der Waals surface area (Å²) in [5.41, 5.74) is 1.72. The number of benzene rings is 3. The molecule has 0 aliphatic carbocycles. The van der Waals surface area contributed by atoms with E-state index in [2.05, 4.69) is 0 Å². The maximum absolute atomic E-state index is 13.0. The molecule has 4 rings (SSSR count). The molecule has 0 spiro atoms. The Morgan fingerprint density at radius 1 is 0.846 bits per heavy atom. The fourth-order valence-electron chi connectivity index (χ4n) is 3.52. The highest BCUT2D eigenvalue weighted by atomic mass is 35.5. The predicted octanol–water partition coefficient (Wildman–Crippen LogP) is 4.38. The standard InChI is InChI=1S/C22H18ClNO2/c23-18-12-10-17(11-13-18)15-24-21(25)19-8-4-5-9-20(19)22(24,26)14-16-6-2-1-3-7-16/h1-13,26H,14-15H2. The Bertz CT molecular complexity index is 940. The maximum atomic E-state index is 13.0. The summed E-state index contributed by atoms with van der Waals surface area (Å²) in [6, 6.07) is 24.4. The van der Waals surface area contributed by atoms with Crippen LogP contribution >= 0.6 is 11.6 Å². The van der Waals surface area contributed by atoms with Gasteiger partial charge in [0.1, 0.15) is 0 Å². The van der Waals surface area contributed by atoms with Crippen LogP contribution in [0.1, 0.15) is 27.0 Å². The summed E-state index contributed by atoms with van der Waals surface area (Å²) in [4.78, 5) is 14.6. The average Bonchev–Trinajstić information content (AvgIpc) is 2.86. The first-order valence-corrected chi connectivity index (χ1v) is 8.88. The lowest BCUT2D eigenvalue weighted by atomic mass is 9.94. The Morgan fingerprint density at radius 3 is 2.23 bits per heavy atom. The van der Waals surface area contributed by atoms with Crippen molar-refractivity contribution in [3.05, 3.63) is 106 Å². The summed E-state index contributed by atoms with van der Waals surface area (Å²) in [6.45, 7) is 0.314. The average molecular weight is 364 g/mol. The first kappa shape index (κ1) is 16.8. The summed E-state index contributed by atoms with van der Waals surface area (Å²) in [5, 5.41) is 12.3. The number of hydrogen-bond acceptors (Lipinski definition) is 2. The third kappa shape index (κ3) is 2.90. The van der Waals surface area contributed by atoms with Crippen molar-refractivity contribution in [2.75, 3.05) is 0 Å². The number of rotatable bonds is 4. The number of carbonyl (C=O) groups is 1. The molecule has 0 bridgehead atoms. The van der Waals surface area contributed by atoms with Gasteiger partial charge in [0.15, 0.2) is 5.72 Å². The molecule has 1 unspecified atom stereocenters. The van der Waals surface area contributed by atoms with Gasteiger partial charge in [0.25, 0.3) is 5.91 Å². The number of hydrogen-bond donors (Lipinski definition) is 1. The Kier molecular flexibility index (Phi) is 4.27. The molecule has 0 fully saturated rings. The topological polar surface area (TPSA) is 40.5 Å². The van der Waals surface area contributed by atoms with Crippen LogP contribution in [0.15, 0.2) is 78.9 Å². The van der Waals surface area contributed by atoms with Gasteiger partial charge in [-0.2, -0.15) is 0 Å². The van der Waals surface area contributed by atoms with E-state index in [1.165, 1.54) is 0 Å². The Balaban J connectivity index is 1.75. The second kappa shape index (κ2) is 6.60. The zero-order chi connectivity index (χ0) is 18.1. The van der Waals surface area contributed by atoms with Gasteiger partial charge in [0, 0.05) is 29.1 Å². The van der Waals surface area contributed by atoms with Crippen LogP contribution in [0.5, 0.6) is 0 Å². The first-order valence-electron chi connectivity index (χ1n) is 8.50. The van der Waals surface area contributed by atoms with Crippen molar-refractivity contribution in [2.45, 2.75) is 18.7 Å². The second-order valence-corrected chi connectivity index (χ2v) is 6.98. The summed E-state index contributed by atoms with van der Waals surface area (Å²) in [6.07, 6.45) is 0.337. The Morgan fingerprint density at radius 2 is 1.50 bits per heavy atom. The molecule has 0 radical (unpaired) electrons. The van der Waals surface area contributed by atoms with Crippen molar-refractivity contribution < 1.29 is 9.90 Å². The van der Waals surface area contributed by atoms with Crippen LogP contribution in [0.2, 0.25) is 5.02 Å². The predicted molar refractivity (Wildman–Crippen MR) is 102 cm³/mol. The van der Waals surface area contributed by atoms with Crippen LogP contribution in [0.25, 0.3) is 0 Å². The third-order valence-electron chi connectivity index (χ3n) is 4.83. The van der Waals surface area contributed by atoms with E-state index in [-0.39, 0.29) is 5.91 Å². The molecule has 1 aliphatic rings. The van der Waals surface area contributed by atoms with E-state index in [0.29, 0.717) is 29.1 Å². The van der Waals surface area contributed by atoms with Crippen molar-refractivity contribution in [1.82, 2.24) is 4.90 Å². The quantitative estimate of drug-likeness (QED) is 0.747. The van der Waals surface area contributed by atoms with E-state index in [0.717, 1.165) is 11.1 Å². The van der Waals surface area contributed by atoms with Gasteiger partial charge >= 0.3 is 0 Å². The van der Waals surface area contributed by atoms with Crippen molar-refractivity contribution in [2.24, 2.45) is 0 Å². The molecule has 3 aromatic carbocycles. The molecule has 26 heavy (non-hydrogen) atoms. The lowest BCUT2D eigenvalue weighted by Gasteiger charge is -2.34. The third-order valence-corrected chi connectivity index (χ3v) is 5.08. The smallest absolute Gasteiger partial charge is 0.257 e. The highest BCUT2D eigenvalue weighted by Crippen LogP contribution is 2.40. The number of nitrogens with zero attached hydrogens (tertiary/aromatic N) is 1. The molecule has 0 aromatic heterocycles. The van der Waals surface area contributed by atoms with Crippen LogP contribution in [0.3, 0.4) is 0 Å². The van der Waals surface area contributed by atoms with Crippen molar-refractivity contribution in [3.8, 4) is 0 Å². The molecule has 3 nitrogen and oxygen atoms in total. The Labute approximate surface area is 157 Å². The number of carbonyl (C=O) groups excluding carboxylic acids is 1. The molecule has 4 heteroatoms. The molecule has 0 saturated carbocycles. The van der Waals surface area contributed by atoms with Gasteiger partial charge in [-0.25, -0.2) is 0 Å². The fourth-order valence-corrected chi connectivity index (χ4v) is 3.65. The summed E-state index contributed by atoms with van der Waals surface area (Å²) < 4.78 is 0. The normalized spacial score (nSPS) is 18.8. The van der Waals surface area contributed by atoms with Crippen LogP contribution in [-0.4, -0.2) is 15.9 Å². The number of halogens is 1. The zero-order valence-corrected chi connectivity index (χ0v) is 14.9. The summed E-state index contributed by atoms with van der Waals surface area (Å²) >= 11 is 5.96. The Hall–Kier alpha value is -2.62. The summed E-state index contributed by atoms with van der Waals surface area (Å²) in [7, 11) is 0. The largest absolute Gasteiger partial charge is 0.366 e. The molecular weight excluding hydrogens is 346 g/mol. The molecule has 1 aliphatic heterocycles. The lowest BCUT2D eigenvalue weighted by Crippen LogP contribution is -2.45. The van der Waals surface area contributed by atoms with E-state index in [4.69, 9.17) is 11.6 Å². The van der Waals surface area contributed by atoms with Gasteiger partial charge in [-0.3, -0.25) is 4.79 Å². The fraction of sp³-hybridized carbons (Fsp3) is 0.136. The van der Waals surface area contributed by atoms with E-state index in [9.17, 15) is 9.90 Å². The molecule has 1 heterocycles. The van der Waals surface area contributed by atoms with Gasteiger partial charge in [-0.1, -0.05) is 72.3 Å².